The summed E-state index contributed by atoms with van der Waals surface area (Å²) in [4.78, 5) is 0.379. The molecule has 1 saturated carbocycles. The fourth-order valence-electron chi connectivity index (χ4n) is 2.22. The van der Waals surface area contributed by atoms with Crippen LogP contribution in [0.5, 0.6) is 0 Å². The monoisotopic (exact) mass is 313 g/mol. The van der Waals surface area contributed by atoms with E-state index in [-0.39, 0.29) is 6.04 Å². The Kier molecular flexibility index (Phi) is 5.46. The zero-order valence-corrected chi connectivity index (χ0v) is 14.0. The third-order valence-corrected chi connectivity index (χ3v) is 5.41. The van der Waals surface area contributed by atoms with E-state index >= 15 is 0 Å². The topological polar surface area (TPSA) is 63.1 Å². The molecule has 6 heteroatoms. The summed E-state index contributed by atoms with van der Waals surface area (Å²) >= 11 is 0. The largest absolute Gasteiger partial charge is 0.349 e. The van der Waals surface area contributed by atoms with Crippen LogP contribution in [0.25, 0.3) is 0 Å². The van der Waals surface area contributed by atoms with Crippen LogP contribution in [0, 0.1) is 0 Å². The molecule has 21 heavy (non-hydrogen) atoms. The van der Waals surface area contributed by atoms with Gasteiger partial charge in [0.15, 0.2) is 0 Å². The number of rotatable bonds is 9. The van der Waals surface area contributed by atoms with Crippen molar-refractivity contribution in [2.24, 2.45) is 0 Å². The van der Waals surface area contributed by atoms with Crippen molar-refractivity contribution in [2.45, 2.75) is 76.5 Å². The minimum absolute atomic E-state index is 0.0439. The molecule has 1 aliphatic rings. The van der Waals surface area contributed by atoms with Crippen LogP contribution in [0.1, 0.15) is 52.1 Å². The Labute approximate surface area is 128 Å². The lowest BCUT2D eigenvalue weighted by molar-refractivity contribution is 0.555. The molecule has 120 valence electrons. The smallest absolute Gasteiger partial charge is 0.242 e. The molecule has 0 amide bonds. The Hall–Kier alpha value is -0.850. The fraction of sp³-hybridized carbons (Fsp3) is 0.733. The summed E-state index contributed by atoms with van der Waals surface area (Å²) in [6, 6.07) is 2.38. The Balaban J connectivity index is 2.16. The molecule has 0 aromatic carbocycles. The molecule has 1 atom stereocenters. The second-order valence-electron chi connectivity index (χ2n) is 5.95. The summed E-state index contributed by atoms with van der Waals surface area (Å²) in [7, 11) is -3.41. The van der Waals surface area contributed by atoms with Gasteiger partial charge in [-0.15, -0.1) is 0 Å². The van der Waals surface area contributed by atoms with Crippen LogP contribution in [0.4, 0.5) is 0 Å². The molecule has 1 aromatic heterocycles. The summed E-state index contributed by atoms with van der Waals surface area (Å²) < 4.78 is 29.5. The van der Waals surface area contributed by atoms with Gasteiger partial charge in [0.05, 0.1) is 4.90 Å². The van der Waals surface area contributed by atoms with Gasteiger partial charge in [0.1, 0.15) is 0 Å². The van der Waals surface area contributed by atoms with Gasteiger partial charge >= 0.3 is 0 Å². The second-order valence-corrected chi connectivity index (χ2v) is 7.66. The first-order valence-electron chi connectivity index (χ1n) is 7.91. The zero-order valence-electron chi connectivity index (χ0n) is 13.2. The van der Waals surface area contributed by atoms with Crippen molar-refractivity contribution in [1.29, 1.82) is 0 Å². The molecule has 0 aliphatic heterocycles. The van der Waals surface area contributed by atoms with Gasteiger partial charge in [-0.3, -0.25) is 0 Å². The highest BCUT2D eigenvalue weighted by atomic mass is 32.2. The van der Waals surface area contributed by atoms with Crippen LogP contribution in [0.15, 0.2) is 17.2 Å². The maximum absolute atomic E-state index is 12.4. The van der Waals surface area contributed by atoms with Crippen LogP contribution in [0.3, 0.4) is 0 Å². The Morgan fingerprint density at radius 2 is 2.10 bits per heavy atom. The average molecular weight is 313 g/mol. The van der Waals surface area contributed by atoms with Gasteiger partial charge in [0.25, 0.3) is 0 Å². The van der Waals surface area contributed by atoms with Gasteiger partial charge < -0.3 is 9.88 Å². The van der Waals surface area contributed by atoms with Crippen LogP contribution < -0.4 is 10.0 Å². The lowest BCUT2D eigenvalue weighted by atomic mass is 10.3. The van der Waals surface area contributed by atoms with Crippen molar-refractivity contribution < 1.29 is 8.42 Å². The Morgan fingerprint density at radius 3 is 2.67 bits per heavy atom. The van der Waals surface area contributed by atoms with Gasteiger partial charge in [0.2, 0.25) is 10.0 Å². The van der Waals surface area contributed by atoms with E-state index in [4.69, 9.17) is 0 Å². The zero-order chi connectivity index (χ0) is 15.5. The van der Waals surface area contributed by atoms with Crippen LogP contribution in [-0.4, -0.2) is 25.1 Å². The number of nitrogens with one attached hydrogen (secondary N) is 2. The van der Waals surface area contributed by atoms with E-state index < -0.39 is 10.0 Å². The molecule has 5 nitrogen and oxygen atoms in total. The Morgan fingerprint density at radius 1 is 1.38 bits per heavy atom. The first kappa shape index (κ1) is 16.5. The molecule has 1 unspecified atom stereocenters. The molecule has 2 rings (SSSR count). The van der Waals surface area contributed by atoms with Crippen molar-refractivity contribution in [1.82, 2.24) is 14.6 Å². The van der Waals surface area contributed by atoms with E-state index in [1.165, 1.54) is 12.8 Å². The molecular weight excluding hydrogens is 286 g/mol. The van der Waals surface area contributed by atoms with Crippen LogP contribution in [0.2, 0.25) is 0 Å². The van der Waals surface area contributed by atoms with E-state index in [0.29, 0.717) is 10.9 Å². The summed E-state index contributed by atoms with van der Waals surface area (Å²) in [5, 5.41) is 3.45. The van der Waals surface area contributed by atoms with Gasteiger partial charge in [0, 0.05) is 37.1 Å². The van der Waals surface area contributed by atoms with Crippen LogP contribution >= 0.6 is 0 Å². The van der Waals surface area contributed by atoms with Crippen molar-refractivity contribution in [3.63, 3.8) is 0 Å². The predicted molar refractivity (Wildman–Crippen MR) is 84.7 cm³/mol. The van der Waals surface area contributed by atoms with Crippen molar-refractivity contribution in [3.05, 3.63) is 18.0 Å². The number of sulfonamides is 1. The van der Waals surface area contributed by atoms with E-state index in [9.17, 15) is 8.42 Å². The molecule has 1 aliphatic carbocycles. The summed E-state index contributed by atoms with van der Waals surface area (Å²) in [6.45, 7) is 7.55. The SMILES string of the molecule is CCCn1cc(S(=O)(=O)NC(C)CC)cc1CNC1CC1. The molecule has 0 saturated heterocycles. The maximum Gasteiger partial charge on any atom is 0.242 e. The van der Waals surface area contributed by atoms with E-state index in [1.54, 1.807) is 12.3 Å². The third-order valence-electron chi connectivity index (χ3n) is 3.85. The Bertz CT molecular complexity index is 561. The van der Waals surface area contributed by atoms with Crippen molar-refractivity contribution in [2.75, 3.05) is 0 Å². The number of hydrogen-bond donors (Lipinski definition) is 2. The minimum atomic E-state index is -3.41. The average Bonchev–Trinajstić information content (AvgIpc) is 3.17. The first-order chi connectivity index (χ1) is 9.96. The maximum atomic E-state index is 12.4. The lowest BCUT2D eigenvalue weighted by Crippen LogP contribution is -2.31. The molecule has 0 radical (unpaired) electrons. The highest BCUT2D eigenvalue weighted by Crippen LogP contribution is 2.21. The molecular formula is C15H27N3O2S. The van der Waals surface area contributed by atoms with E-state index in [2.05, 4.69) is 21.5 Å². The molecule has 2 N–H and O–H groups in total. The number of nitrogens with zero attached hydrogens (tertiary/aromatic N) is 1. The van der Waals surface area contributed by atoms with Crippen molar-refractivity contribution >= 4 is 10.0 Å². The van der Waals surface area contributed by atoms with E-state index in [1.807, 2.05) is 13.8 Å². The lowest BCUT2D eigenvalue weighted by Gasteiger charge is -2.10. The molecule has 0 bridgehead atoms. The number of aryl methyl sites for hydroxylation is 1. The normalized spacial score (nSPS) is 17.1. The minimum Gasteiger partial charge on any atom is -0.349 e. The predicted octanol–water partition coefficient (Wildman–Crippen LogP) is 2.23. The van der Waals surface area contributed by atoms with Gasteiger partial charge in [-0.1, -0.05) is 13.8 Å². The van der Waals surface area contributed by atoms with Gasteiger partial charge in [-0.25, -0.2) is 13.1 Å². The highest BCUT2D eigenvalue weighted by molar-refractivity contribution is 7.89. The van der Waals surface area contributed by atoms with Crippen LogP contribution in [-0.2, 0) is 23.1 Å². The molecule has 1 heterocycles. The molecule has 0 spiro atoms. The second kappa shape index (κ2) is 6.94. The van der Waals surface area contributed by atoms with Gasteiger partial charge in [-0.05, 0) is 38.7 Å². The summed E-state index contributed by atoms with van der Waals surface area (Å²) in [6.07, 6.45) is 6.00. The van der Waals surface area contributed by atoms with Crippen molar-refractivity contribution in [3.8, 4) is 0 Å². The number of aromatic nitrogens is 1. The first-order valence-corrected chi connectivity index (χ1v) is 9.39. The summed E-state index contributed by atoms with van der Waals surface area (Å²) in [5.41, 5.74) is 1.05. The van der Waals surface area contributed by atoms with E-state index in [0.717, 1.165) is 31.6 Å². The quantitative estimate of drug-likeness (QED) is 0.735. The summed E-state index contributed by atoms with van der Waals surface area (Å²) in [5.74, 6) is 0. The fourth-order valence-corrected chi connectivity index (χ4v) is 3.61. The highest BCUT2D eigenvalue weighted by Gasteiger charge is 2.23. The number of hydrogen-bond acceptors (Lipinski definition) is 3. The standard InChI is InChI=1S/C15H27N3O2S/c1-4-8-18-11-15(21(19,20)17-12(3)5-2)9-14(18)10-16-13-6-7-13/h9,11-13,16-17H,4-8,10H2,1-3H3. The molecule has 1 aromatic rings. The van der Waals surface area contributed by atoms with Gasteiger partial charge in [-0.2, -0.15) is 0 Å². The third kappa shape index (κ3) is 4.56. The molecule has 1 fully saturated rings.